The fraction of sp³-hybridized carbons (Fsp3) is 0.167. The Morgan fingerprint density at radius 1 is 1.55 bits per heavy atom. The van der Waals surface area contributed by atoms with Gasteiger partial charge in [-0.25, -0.2) is 9.89 Å². The number of aromatic hydroxyl groups is 1. The third-order valence-corrected chi connectivity index (χ3v) is 2.25. The van der Waals surface area contributed by atoms with Crippen molar-refractivity contribution in [3.05, 3.63) is 40.4 Å². The summed E-state index contributed by atoms with van der Waals surface area (Å²) < 4.78 is 5.26. The fourth-order valence-electron chi connectivity index (χ4n) is 1.42. The molecule has 0 aliphatic carbocycles. The maximum Gasteiger partial charge on any atom is 0.363 e. The normalized spacial score (nSPS) is 10.7. The van der Waals surface area contributed by atoms with Crippen LogP contribution in [0, 0.1) is 0 Å². The van der Waals surface area contributed by atoms with Crippen molar-refractivity contribution in [2.75, 3.05) is 12.0 Å². The monoisotopic (exact) mass is 275 g/mol. The summed E-state index contributed by atoms with van der Waals surface area (Å²) >= 11 is 0. The number of hydrogen-bond acceptors (Lipinski definition) is 7. The van der Waals surface area contributed by atoms with E-state index in [0.717, 1.165) is 5.56 Å². The Kier molecular flexibility index (Phi) is 4.28. The third-order valence-electron chi connectivity index (χ3n) is 2.25. The van der Waals surface area contributed by atoms with Crippen molar-refractivity contribution in [1.29, 1.82) is 0 Å². The van der Waals surface area contributed by atoms with Crippen LogP contribution in [0.3, 0.4) is 0 Å². The predicted octanol–water partition coefficient (Wildman–Crippen LogP) is 0.715. The minimum atomic E-state index is -0.562. The van der Waals surface area contributed by atoms with Gasteiger partial charge in [-0.15, -0.1) is 0 Å². The number of benzene rings is 1. The zero-order valence-electron chi connectivity index (χ0n) is 10.7. The number of nitrogens with one attached hydrogen (secondary N) is 2. The van der Waals surface area contributed by atoms with Crippen LogP contribution in [0.1, 0.15) is 12.5 Å². The summed E-state index contributed by atoms with van der Waals surface area (Å²) in [5.74, 6) is 0.679. The van der Waals surface area contributed by atoms with E-state index in [0.29, 0.717) is 12.4 Å². The number of aromatic amines is 1. The Labute approximate surface area is 114 Å². The van der Waals surface area contributed by atoms with Gasteiger partial charge in [-0.2, -0.15) is 15.2 Å². The molecule has 0 aliphatic heterocycles. The van der Waals surface area contributed by atoms with Crippen LogP contribution in [0.2, 0.25) is 0 Å². The quantitative estimate of drug-likeness (QED) is 0.547. The lowest BCUT2D eigenvalue weighted by molar-refractivity contribution is 0.318. The van der Waals surface area contributed by atoms with Gasteiger partial charge < -0.3 is 9.84 Å². The minimum absolute atomic E-state index is 0.0671. The molecule has 0 saturated carbocycles. The summed E-state index contributed by atoms with van der Waals surface area (Å²) in [4.78, 5) is 14.5. The lowest BCUT2D eigenvalue weighted by atomic mass is 10.2. The van der Waals surface area contributed by atoms with Gasteiger partial charge in [-0.3, -0.25) is 5.43 Å². The number of rotatable bonds is 5. The first-order chi connectivity index (χ1) is 9.69. The van der Waals surface area contributed by atoms with E-state index < -0.39 is 5.69 Å². The van der Waals surface area contributed by atoms with Gasteiger partial charge in [0.1, 0.15) is 0 Å². The molecule has 8 heteroatoms. The Hall–Kier alpha value is -2.90. The summed E-state index contributed by atoms with van der Waals surface area (Å²) in [5, 5.41) is 19.2. The zero-order chi connectivity index (χ0) is 14.4. The first-order valence-corrected chi connectivity index (χ1v) is 5.85. The van der Waals surface area contributed by atoms with Crippen molar-refractivity contribution in [1.82, 2.24) is 15.2 Å². The topological polar surface area (TPSA) is 112 Å². The molecule has 1 heterocycles. The highest BCUT2D eigenvalue weighted by Crippen LogP contribution is 2.26. The Morgan fingerprint density at radius 2 is 2.40 bits per heavy atom. The van der Waals surface area contributed by atoms with Gasteiger partial charge in [0.05, 0.1) is 19.0 Å². The molecular weight excluding hydrogens is 262 g/mol. The number of hydrogen-bond donors (Lipinski definition) is 3. The number of aromatic nitrogens is 3. The molecule has 1 aromatic heterocycles. The van der Waals surface area contributed by atoms with E-state index in [4.69, 9.17) is 4.74 Å². The van der Waals surface area contributed by atoms with Crippen LogP contribution < -0.4 is 15.9 Å². The number of H-pyrrole nitrogens is 1. The first-order valence-electron chi connectivity index (χ1n) is 5.85. The molecule has 0 atom stereocenters. The second-order valence-corrected chi connectivity index (χ2v) is 3.70. The van der Waals surface area contributed by atoms with Gasteiger partial charge in [-0.1, -0.05) is 0 Å². The highest BCUT2D eigenvalue weighted by Gasteiger charge is 2.02. The number of phenols is 1. The highest BCUT2D eigenvalue weighted by molar-refractivity contribution is 5.81. The van der Waals surface area contributed by atoms with Gasteiger partial charge in [0, 0.05) is 0 Å². The average molecular weight is 275 g/mol. The molecule has 2 aromatic rings. The molecule has 2 rings (SSSR count). The smallest absolute Gasteiger partial charge is 0.363 e. The lowest BCUT2D eigenvalue weighted by Gasteiger charge is -2.05. The van der Waals surface area contributed by atoms with E-state index >= 15 is 0 Å². The van der Waals surface area contributed by atoms with E-state index in [2.05, 4.69) is 25.7 Å². The van der Waals surface area contributed by atoms with E-state index in [1.807, 2.05) is 6.92 Å². The molecule has 20 heavy (non-hydrogen) atoms. The molecule has 8 nitrogen and oxygen atoms in total. The molecule has 0 saturated heterocycles. The number of phenolic OH excluding ortho intramolecular Hbond substituents is 1. The average Bonchev–Trinajstić information content (AvgIpc) is 2.43. The van der Waals surface area contributed by atoms with Crippen LogP contribution in [-0.4, -0.2) is 33.1 Å². The van der Waals surface area contributed by atoms with E-state index in [9.17, 15) is 9.90 Å². The third kappa shape index (κ3) is 3.55. The van der Waals surface area contributed by atoms with E-state index in [1.54, 1.807) is 12.1 Å². The van der Waals surface area contributed by atoms with Crippen LogP contribution in [0.5, 0.6) is 11.5 Å². The molecule has 1 aromatic carbocycles. The standard InChI is InChI=1S/C12H13N5O3/c1-2-20-10-5-8(3-4-9(10)18)6-13-16-11-7-14-17-12(19)15-11/h3-7,18H,2H2,1H3,(H2,15,16,17,19)/b13-6-. The summed E-state index contributed by atoms with van der Waals surface area (Å²) in [5.41, 5.74) is 2.73. The second-order valence-electron chi connectivity index (χ2n) is 3.70. The number of anilines is 1. The lowest BCUT2D eigenvalue weighted by Crippen LogP contribution is -2.13. The highest BCUT2D eigenvalue weighted by atomic mass is 16.5. The second kappa shape index (κ2) is 6.32. The fourth-order valence-corrected chi connectivity index (χ4v) is 1.42. The van der Waals surface area contributed by atoms with Gasteiger partial charge in [0.25, 0.3) is 0 Å². The van der Waals surface area contributed by atoms with Crippen molar-refractivity contribution >= 4 is 12.0 Å². The van der Waals surface area contributed by atoms with Crippen molar-refractivity contribution in [2.45, 2.75) is 6.92 Å². The molecule has 0 radical (unpaired) electrons. The zero-order valence-corrected chi connectivity index (χ0v) is 10.7. The first kappa shape index (κ1) is 13.5. The van der Waals surface area contributed by atoms with Crippen LogP contribution in [-0.2, 0) is 0 Å². The molecule has 0 fully saturated rings. The number of ether oxygens (including phenoxy) is 1. The molecule has 0 aliphatic rings. The van der Waals surface area contributed by atoms with E-state index in [1.165, 1.54) is 18.5 Å². The molecule has 104 valence electrons. The Balaban J connectivity index is 2.07. The SMILES string of the molecule is CCOc1cc(/C=N\Nc2cn[nH]c(=O)n2)ccc1O. The molecule has 0 amide bonds. The van der Waals surface area contributed by atoms with Crippen molar-refractivity contribution in [3.63, 3.8) is 0 Å². The maximum atomic E-state index is 10.9. The van der Waals surface area contributed by atoms with Crippen LogP contribution in [0.4, 0.5) is 5.82 Å². The summed E-state index contributed by atoms with van der Waals surface area (Å²) in [7, 11) is 0. The van der Waals surface area contributed by atoms with Crippen molar-refractivity contribution in [2.24, 2.45) is 5.10 Å². The van der Waals surface area contributed by atoms with Gasteiger partial charge in [-0.05, 0) is 30.7 Å². The van der Waals surface area contributed by atoms with Crippen molar-refractivity contribution < 1.29 is 9.84 Å². The minimum Gasteiger partial charge on any atom is -0.504 e. The van der Waals surface area contributed by atoms with Gasteiger partial charge in [0.2, 0.25) is 0 Å². The van der Waals surface area contributed by atoms with Crippen LogP contribution in [0.25, 0.3) is 0 Å². The Morgan fingerprint density at radius 3 is 3.15 bits per heavy atom. The largest absolute Gasteiger partial charge is 0.504 e. The van der Waals surface area contributed by atoms with Crippen LogP contribution >= 0.6 is 0 Å². The summed E-state index contributed by atoms with van der Waals surface area (Å²) in [6.45, 7) is 2.28. The maximum absolute atomic E-state index is 10.9. The summed E-state index contributed by atoms with van der Waals surface area (Å²) in [6.07, 6.45) is 2.84. The number of nitrogens with zero attached hydrogens (tertiary/aromatic N) is 3. The molecule has 0 bridgehead atoms. The van der Waals surface area contributed by atoms with Crippen molar-refractivity contribution in [3.8, 4) is 11.5 Å². The molecule has 3 N–H and O–H groups in total. The molecule has 0 spiro atoms. The molecule has 0 unspecified atom stereocenters. The Bertz CT molecular complexity index is 668. The number of hydrazone groups is 1. The summed E-state index contributed by atoms with van der Waals surface area (Å²) in [6, 6.07) is 4.83. The van der Waals surface area contributed by atoms with Gasteiger partial charge in [0.15, 0.2) is 17.3 Å². The molecular formula is C12H13N5O3. The predicted molar refractivity (Wildman–Crippen MR) is 73.1 cm³/mol. The van der Waals surface area contributed by atoms with Gasteiger partial charge >= 0.3 is 5.69 Å². The van der Waals surface area contributed by atoms with E-state index in [-0.39, 0.29) is 11.6 Å². The van der Waals surface area contributed by atoms with Crippen LogP contribution in [0.15, 0.2) is 34.3 Å².